The van der Waals surface area contributed by atoms with Crippen molar-refractivity contribution in [1.29, 1.82) is 5.26 Å². The molecule has 3 aromatic carbocycles. The van der Waals surface area contributed by atoms with Gasteiger partial charge in [-0.05, 0) is 48.4 Å². The van der Waals surface area contributed by atoms with Crippen LogP contribution >= 0.6 is 0 Å². The highest BCUT2D eigenvalue weighted by atomic mass is 16.5. The van der Waals surface area contributed by atoms with E-state index in [1.165, 1.54) is 0 Å². The molecular formula is C31H30N2O6. The molecule has 0 fully saturated rings. The van der Waals surface area contributed by atoms with Crippen LogP contribution in [0.25, 0.3) is 0 Å². The number of carbonyl (C=O) groups excluding carboxylic acids is 1. The van der Waals surface area contributed by atoms with Gasteiger partial charge < -0.3 is 29.4 Å². The number of hydrogen-bond donors (Lipinski definition) is 1. The second-order valence-corrected chi connectivity index (χ2v) is 8.75. The molecule has 0 radical (unpaired) electrons. The molecule has 1 unspecified atom stereocenters. The summed E-state index contributed by atoms with van der Waals surface area (Å²) >= 11 is 0. The Balaban J connectivity index is 1.61. The van der Waals surface area contributed by atoms with E-state index in [-0.39, 0.29) is 17.2 Å². The summed E-state index contributed by atoms with van der Waals surface area (Å²) in [6.45, 7) is 6.65. The standard InChI is InChI=1S/C31H30N2O6/c1-4-6-15-36-22-9-7-8-21(16-22)31(34)38-23-11-12-24-27(18-23)39-30(33)25(19-32)29(24)20-10-13-26(37-14-5-2)28(17-20)35-3/h5,7-13,16-18,29H,2,4,6,14-15,33H2,1,3H3. The fourth-order valence-corrected chi connectivity index (χ4v) is 4.19. The number of methoxy groups -OCH3 is 1. The van der Waals surface area contributed by atoms with Crippen molar-refractivity contribution in [2.45, 2.75) is 25.7 Å². The molecule has 200 valence electrons. The highest BCUT2D eigenvalue weighted by molar-refractivity contribution is 5.91. The minimum Gasteiger partial charge on any atom is -0.494 e. The van der Waals surface area contributed by atoms with Gasteiger partial charge in [-0.25, -0.2) is 4.79 Å². The van der Waals surface area contributed by atoms with Gasteiger partial charge in [-0.2, -0.15) is 5.26 Å². The van der Waals surface area contributed by atoms with E-state index in [2.05, 4.69) is 19.6 Å². The predicted molar refractivity (Wildman–Crippen MR) is 146 cm³/mol. The number of nitrogens with zero attached hydrogens (tertiary/aromatic N) is 1. The summed E-state index contributed by atoms with van der Waals surface area (Å²) in [5.41, 5.74) is 8.22. The van der Waals surface area contributed by atoms with Crippen LogP contribution < -0.4 is 29.4 Å². The molecule has 39 heavy (non-hydrogen) atoms. The molecular weight excluding hydrogens is 496 g/mol. The van der Waals surface area contributed by atoms with Crippen LogP contribution in [0.15, 0.2) is 84.8 Å². The average Bonchev–Trinajstić information content (AvgIpc) is 2.95. The number of nitrogens with two attached hydrogens (primary N) is 1. The van der Waals surface area contributed by atoms with E-state index < -0.39 is 11.9 Å². The number of hydrogen-bond acceptors (Lipinski definition) is 8. The van der Waals surface area contributed by atoms with Crippen LogP contribution in [-0.2, 0) is 0 Å². The van der Waals surface area contributed by atoms with Crippen molar-refractivity contribution in [2.24, 2.45) is 5.73 Å². The topological polar surface area (TPSA) is 113 Å². The Kier molecular flexibility index (Phi) is 8.75. The Morgan fingerprint density at radius 3 is 2.69 bits per heavy atom. The number of nitriles is 1. The fraction of sp³-hybridized carbons (Fsp3) is 0.226. The minimum absolute atomic E-state index is 0.0265. The zero-order chi connectivity index (χ0) is 27.8. The zero-order valence-electron chi connectivity index (χ0n) is 21.9. The summed E-state index contributed by atoms with van der Waals surface area (Å²) in [5.74, 6) is 1.22. The van der Waals surface area contributed by atoms with Gasteiger partial charge in [0.25, 0.3) is 0 Å². The van der Waals surface area contributed by atoms with Gasteiger partial charge in [0, 0.05) is 11.6 Å². The highest BCUT2D eigenvalue weighted by Gasteiger charge is 2.32. The number of fused-ring (bicyclic) bond motifs is 1. The number of esters is 1. The van der Waals surface area contributed by atoms with Gasteiger partial charge in [0.05, 0.1) is 25.2 Å². The van der Waals surface area contributed by atoms with Crippen molar-refractivity contribution < 1.29 is 28.5 Å². The molecule has 1 aliphatic rings. The zero-order valence-corrected chi connectivity index (χ0v) is 21.9. The van der Waals surface area contributed by atoms with Gasteiger partial charge in [-0.15, -0.1) is 0 Å². The van der Waals surface area contributed by atoms with E-state index in [0.717, 1.165) is 18.4 Å². The Morgan fingerprint density at radius 2 is 1.95 bits per heavy atom. The van der Waals surface area contributed by atoms with Crippen LogP contribution in [0.4, 0.5) is 0 Å². The molecule has 0 saturated heterocycles. The molecule has 1 heterocycles. The summed E-state index contributed by atoms with van der Waals surface area (Å²) in [6.07, 6.45) is 3.58. The van der Waals surface area contributed by atoms with E-state index in [1.807, 2.05) is 6.07 Å². The number of ether oxygens (including phenoxy) is 5. The van der Waals surface area contributed by atoms with Crippen molar-refractivity contribution in [2.75, 3.05) is 20.3 Å². The van der Waals surface area contributed by atoms with E-state index in [0.29, 0.717) is 47.3 Å². The fourth-order valence-electron chi connectivity index (χ4n) is 4.19. The molecule has 0 aliphatic carbocycles. The van der Waals surface area contributed by atoms with Crippen LogP contribution in [0, 0.1) is 11.3 Å². The second kappa shape index (κ2) is 12.6. The first-order valence-corrected chi connectivity index (χ1v) is 12.6. The number of allylic oxidation sites excluding steroid dienone is 1. The summed E-state index contributed by atoms with van der Waals surface area (Å²) in [5, 5.41) is 9.89. The first-order chi connectivity index (χ1) is 19.0. The van der Waals surface area contributed by atoms with Crippen molar-refractivity contribution in [1.82, 2.24) is 0 Å². The van der Waals surface area contributed by atoms with Crippen LogP contribution in [-0.4, -0.2) is 26.3 Å². The molecule has 8 heteroatoms. The molecule has 1 aliphatic heterocycles. The molecule has 0 bridgehead atoms. The van der Waals surface area contributed by atoms with Crippen molar-refractivity contribution in [3.8, 4) is 34.8 Å². The van der Waals surface area contributed by atoms with Crippen molar-refractivity contribution in [3.63, 3.8) is 0 Å². The molecule has 0 spiro atoms. The molecule has 0 amide bonds. The van der Waals surface area contributed by atoms with Crippen molar-refractivity contribution in [3.05, 3.63) is 101 Å². The predicted octanol–water partition coefficient (Wildman–Crippen LogP) is 5.88. The van der Waals surface area contributed by atoms with E-state index in [4.69, 9.17) is 29.4 Å². The number of benzene rings is 3. The third kappa shape index (κ3) is 6.16. The maximum absolute atomic E-state index is 12.9. The molecule has 4 rings (SSSR count). The van der Waals surface area contributed by atoms with E-state index >= 15 is 0 Å². The minimum atomic E-state index is -0.538. The van der Waals surface area contributed by atoms with E-state index in [1.54, 1.807) is 67.8 Å². The van der Waals surface area contributed by atoms with Gasteiger partial charge >= 0.3 is 5.97 Å². The second-order valence-electron chi connectivity index (χ2n) is 8.75. The van der Waals surface area contributed by atoms with E-state index in [9.17, 15) is 10.1 Å². The lowest BCUT2D eigenvalue weighted by molar-refractivity contribution is 0.0734. The Bertz CT molecular complexity index is 1440. The normalized spacial score (nSPS) is 13.9. The number of unbranched alkanes of at least 4 members (excludes halogenated alkanes) is 1. The summed E-state index contributed by atoms with van der Waals surface area (Å²) in [7, 11) is 1.54. The molecule has 1 atom stereocenters. The first-order valence-electron chi connectivity index (χ1n) is 12.6. The Morgan fingerprint density at radius 1 is 1.10 bits per heavy atom. The van der Waals surface area contributed by atoms with Crippen LogP contribution in [0.2, 0.25) is 0 Å². The maximum atomic E-state index is 12.9. The summed E-state index contributed by atoms with van der Waals surface area (Å²) in [4.78, 5) is 12.9. The maximum Gasteiger partial charge on any atom is 0.343 e. The third-order valence-electron chi connectivity index (χ3n) is 6.12. The monoisotopic (exact) mass is 526 g/mol. The number of carbonyl (C=O) groups is 1. The molecule has 0 aromatic heterocycles. The Labute approximate surface area is 227 Å². The third-order valence-corrected chi connectivity index (χ3v) is 6.12. The SMILES string of the molecule is C=CCOc1ccc(C2C(C#N)=C(N)Oc3cc(OC(=O)c4cccc(OCCCC)c4)ccc32)cc1OC. The molecule has 2 N–H and O–H groups in total. The Hall–Kier alpha value is -4.90. The average molecular weight is 527 g/mol. The lowest BCUT2D eigenvalue weighted by atomic mass is 9.83. The molecule has 0 saturated carbocycles. The number of rotatable bonds is 11. The largest absolute Gasteiger partial charge is 0.494 e. The van der Waals surface area contributed by atoms with Gasteiger partial charge in [0.15, 0.2) is 11.5 Å². The summed E-state index contributed by atoms with van der Waals surface area (Å²) < 4.78 is 28.3. The van der Waals surface area contributed by atoms with Gasteiger partial charge in [0.1, 0.15) is 35.5 Å². The lowest BCUT2D eigenvalue weighted by Crippen LogP contribution is -2.21. The van der Waals surface area contributed by atoms with Gasteiger partial charge in [-0.1, -0.05) is 44.2 Å². The smallest absolute Gasteiger partial charge is 0.343 e. The van der Waals surface area contributed by atoms with Gasteiger partial charge in [0.2, 0.25) is 5.88 Å². The molecule has 8 nitrogen and oxygen atoms in total. The van der Waals surface area contributed by atoms with Crippen LogP contribution in [0.3, 0.4) is 0 Å². The van der Waals surface area contributed by atoms with Gasteiger partial charge in [-0.3, -0.25) is 0 Å². The van der Waals surface area contributed by atoms with Crippen LogP contribution in [0.5, 0.6) is 28.7 Å². The quantitative estimate of drug-likeness (QED) is 0.143. The first kappa shape index (κ1) is 27.1. The lowest BCUT2D eigenvalue weighted by Gasteiger charge is -2.27. The summed E-state index contributed by atoms with van der Waals surface area (Å²) in [6, 6.07) is 19.4. The highest BCUT2D eigenvalue weighted by Crippen LogP contribution is 2.45. The van der Waals surface area contributed by atoms with Crippen LogP contribution in [0.1, 0.15) is 47.2 Å². The molecule has 3 aromatic rings. The van der Waals surface area contributed by atoms with Crippen molar-refractivity contribution >= 4 is 5.97 Å².